The van der Waals surface area contributed by atoms with Gasteiger partial charge in [0.15, 0.2) is 0 Å². The maximum atomic E-state index is 10.9. The van der Waals surface area contributed by atoms with Crippen LogP contribution < -0.4 is 4.90 Å². The Hall–Kier alpha value is -0.0700. The Morgan fingerprint density at radius 1 is 1.25 bits per heavy atom. The summed E-state index contributed by atoms with van der Waals surface area (Å²) in [5, 5.41) is 0. The largest absolute Gasteiger partial charge is 0.372 e. The summed E-state index contributed by atoms with van der Waals surface area (Å²) in [5.41, 5.74) is 0.801. The second-order valence-corrected chi connectivity index (χ2v) is 4.57. The summed E-state index contributed by atoms with van der Waals surface area (Å²) in [4.78, 5) is 1.95. The zero-order chi connectivity index (χ0) is 11.5. The van der Waals surface area contributed by atoms with Gasteiger partial charge >= 0.3 is 0 Å². The average molecular weight is 252 g/mol. The summed E-state index contributed by atoms with van der Waals surface area (Å²) in [5.74, 6) is 0. The van der Waals surface area contributed by atoms with Crippen molar-refractivity contribution in [1.82, 2.24) is 0 Å². The first-order valence-corrected chi connectivity index (χ1v) is 6.25. The Balaban J connectivity index is 0.00000225. The topological polar surface area (TPSA) is 57.6 Å². The van der Waals surface area contributed by atoms with Crippen LogP contribution in [0.1, 0.15) is 13.8 Å². The molecule has 4 nitrogen and oxygen atoms in total. The van der Waals surface area contributed by atoms with Crippen molar-refractivity contribution in [2.24, 2.45) is 0 Å². The minimum atomic E-state index is -4.10. The number of rotatable bonds is 4. The van der Waals surface area contributed by atoms with Crippen molar-refractivity contribution in [2.45, 2.75) is 18.7 Å². The van der Waals surface area contributed by atoms with E-state index in [0.29, 0.717) is 0 Å². The van der Waals surface area contributed by atoms with Crippen LogP contribution in [0, 0.1) is 0 Å². The molecule has 1 radical (unpaired) electrons. The van der Waals surface area contributed by atoms with E-state index in [-0.39, 0.29) is 34.5 Å². The number of hydrogen-bond acceptors (Lipinski definition) is 3. The summed E-state index contributed by atoms with van der Waals surface area (Å²) in [6.45, 7) is 5.57. The van der Waals surface area contributed by atoms with Crippen LogP contribution in [0.2, 0.25) is 0 Å². The molecule has 0 heterocycles. The molecule has 6 heteroatoms. The monoisotopic (exact) mass is 252 g/mol. The zero-order valence-electron chi connectivity index (χ0n) is 9.84. The predicted octanol–water partition coefficient (Wildman–Crippen LogP) is 1.40. The van der Waals surface area contributed by atoms with Crippen molar-refractivity contribution in [3.63, 3.8) is 0 Å². The summed E-state index contributed by atoms with van der Waals surface area (Å²) in [6, 6.07) is 6.29. The number of anilines is 1. The van der Waals surface area contributed by atoms with Crippen molar-refractivity contribution < 1.29 is 13.0 Å². The van der Waals surface area contributed by atoms with Crippen molar-refractivity contribution in [3.8, 4) is 0 Å². The third kappa shape index (κ3) is 4.07. The summed E-state index contributed by atoms with van der Waals surface area (Å²) in [7, 11) is -4.10. The second kappa shape index (κ2) is 6.61. The Bertz CT molecular complexity index is 429. The Morgan fingerprint density at radius 3 is 2.25 bits per heavy atom. The van der Waals surface area contributed by atoms with Crippen LogP contribution in [0.3, 0.4) is 0 Å². The third-order valence-electron chi connectivity index (χ3n) is 2.24. The maximum Gasteiger partial charge on any atom is 0.294 e. The SMILES string of the molecule is CCN(CC)c1cccc(S(=O)(=O)O)c1.[Na]. The van der Waals surface area contributed by atoms with Crippen LogP contribution in [0.5, 0.6) is 0 Å². The minimum absolute atomic E-state index is 0. The van der Waals surface area contributed by atoms with Gasteiger partial charge in [-0.15, -0.1) is 0 Å². The second-order valence-electron chi connectivity index (χ2n) is 3.14. The van der Waals surface area contributed by atoms with Crippen molar-refractivity contribution in [2.75, 3.05) is 18.0 Å². The molecule has 0 aliphatic carbocycles. The molecule has 1 aromatic rings. The number of benzene rings is 1. The normalized spacial score (nSPS) is 10.7. The van der Waals surface area contributed by atoms with Gasteiger partial charge in [0.2, 0.25) is 0 Å². The standard InChI is InChI=1S/C10H15NO3S.Na/c1-3-11(4-2)9-6-5-7-10(8-9)15(12,13)14;/h5-8H,3-4H2,1-2H3,(H,12,13,14);. The summed E-state index contributed by atoms with van der Waals surface area (Å²) < 4.78 is 30.7. The van der Waals surface area contributed by atoms with Gasteiger partial charge in [-0.25, -0.2) is 0 Å². The molecule has 0 aliphatic rings. The van der Waals surface area contributed by atoms with Crippen LogP contribution in [0.25, 0.3) is 0 Å². The Kier molecular flexibility index (Phi) is 6.58. The van der Waals surface area contributed by atoms with E-state index in [4.69, 9.17) is 4.55 Å². The number of nitrogens with zero attached hydrogens (tertiary/aromatic N) is 1. The molecular formula is C10H15NNaO3S. The van der Waals surface area contributed by atoms with Gasteiger partial charge in [0, 0.05) is 48.3 Å². The third-order valence-corrected chi connectivity index (χ3v) is 3.09. The van der Waals surface area contributed by atoms with E-state index in [1.165, 1.54) is 12.1 Å². The van der Waals surface area contributed by atoms with Crippen LogP contribution in [0.15, 0.2) is 29.2 Å². The fourth-order valence-electron chi connectivity index (χ4n) is 1.43. The van der Waals surface area contributed by atoms with E-state index in [0.717, 1.165) is 18.8 Å². The minimum Gasteiger partial charge on any atom is -0.372 e. The first kappa shape index (κ1) is 15.9. The Labute approximate surface area is 119 Å². The molecule has 0 bridgehead atoms. The maximum absolute atomic E-state index is 10.9. The molecule has 0 saturated carbocycles. The summed E-state index contributed by atoms with van der Waals surface area (Å²) in [6.07, 6.45) is 0. The van der Waals surface area contributed by atoms with Gasteiger partial charge in [0.1, 0.15) is 0 Å². The quantitative estimate of drug-likeness (QED) is 0.650. The van der Waals surface area contributed by atoms with Crippen molar-refractivity contribution >= 4 is 45.4 Å². The predicted molar refractivity (Wildman–Crippen MR) is 65.6 cm³/mol. The van der Waals surface area contributed by atoms with Gasteiger partial charge < -0.3 is 4.90 Å². The molecule has 0 spiro atoms. The van der Waals surface area contributed by atoms with E-state index in [9.17, 15) is 8.42 Å². The smallest absolute Gasteiger partial charge is 0.294 e. The molecule has 0 aliphatic heterocycles. The zero-order valence-corrected chi connectivity index (χ0v) is 12.7. The molecular weight excluding hydrogens is 237 g/mol. The Morgan fingerprint density at radius 2 is 1.81 bits per heavy atom. The molecule has 85 valence electrons. The molecule has 0 saturated heterocycles. The van der Waals surface area contributed by atoms with E-state index in [1.54, 1.807) is 6.07 Å². The van der Waals surface area contributed by atoms with Gasteiger partial charge in [0.25, 0.3) is 10.1 Å². The molecule has 0 unspecified atom stereocenters. The van der Waals surface area contributed by atoms with Gasteiger partial charge in [-0.2, -0.15) is 8.42 Å². The van der Waals surface area contributed by atoms with Gasteiger partial charge in [-0.1, -0.05) is 6.07 Å². The molecule has 1 rings (SSSR count). The van der Waals surface area contributed by atoms with E-state index >= 15 is 0 Å². The van der Waals surface area contributed by atoms with Crippen LogP contribution in [-0.2, 0) is 10.1 Å². The van der Waals surface area contributed by atoms with Gasteiger partial charge in [-0.05, 0) is 32.0 Å². The molecule has 16 heavy (non-hydrogen) atoms. The van der Waals surface area contributed by atoms with E-state index in [1.807, 2.05) is 24.8 Å². The molecule has 0 amide bonds. The van der Waals surface area contributed by atoms with Crippen molar-refractivity contribution in [1.29, 1.82) is 0 Å². The molecule has 0 fully saturated rings. The van der Waals surface area contributed by atoms with Gasteiger partial charge in [0.05, 0.1) is 4.90 Å². The van der Waals surface area contributed by atoms with Crippen LogP contribution >= 0.6 is 0 Å². The van der Waals surface area contributed by atoms with Gasteiger partial charge in [-0.3, -0.25) is 4.55 Å². The van der Waals surface area contributed by atoms with Crippen LogP contribution in [-0.4, -0.2) is 55.6 Å². The molecule has 0 atom stereocenters. The molecule has 1 N–H and O–H groups in total. The molecule has 1 aromatic carbocycles. The van der Waals surface area contributed by atoms with E-state index in [2.05, 4.69) is 0 Å². The molecule has 0 aromatic heterocycles. The first-order chi connectivity index (χ1) is 6.99. The average Bonchev–Trinajstić information content (AvgIpc) is 2.19. The fraction of sp³-hybridized carbons (Fsp3) is 0.400. The first-order valence-electron chi connectivity index (χ1n) is 4.81. The summed E-state index contributed by atoms with van der Waals surface area (Å²) >= 11 is 0. The fourth-order valence-corrected chi connectivity index (χ4v) is 1.95. The van der Waals surface area contributed by atoms with Crippen molar-refractivity contribution in [3.05, 3.63) is 24.3 Å². The van der Waals surface area contributed by atoms with Crippen LogP contribution in [0.4, 0.5) is 5.69 Å². The van der Waals surface area contributed by atoms with E-state index < -0.39 is 10.1 Å². The number of hydrogen-bond donors (Lipinski definition) is 1.